The minimum absolute atomic E-state index is 0.0696. The summed E-state index contributed by atoms with van der Waals surface area (Å²) in [4.78, 5) is 29.1. The Morgan fingerprint density at radius 2 is 2.17 bits per heavy atom. The maximum atomic E-state index is 12.8. The number of phenolic OH excluding ortho intramolecular Hbond substituents is 1. The van der Waals surface area contributed by atoms with Gasteiger partial charge in [-0.2, -0.15) is 0 Å². The van der Waals surface area contributed by atoms with Crippen molar-refractivity contribution in [2.45, 2.75) is 25.8 Å². The number of rotatable bonds is 3. The number of non-ortho nitro benzene ring substituents is 1. The van der Waals surface area contributed by atoms with Crippen molar-refractivity contribution in [3.8, 4) is 5.75 Å². The molecule has 3 rings (SSSR count). The third-order valence-electron chi connectivity index (χ3n) is 4.19. The van der Waals surface area contributed by atoms with Crippen molar-refractivity contribution in [3.63, 3.8) is 0 Å². The number of nitrogens with zero attached hydrogens (tertiary/aromatic N) is 3. The minimum Gasteiger partial charge on any atom is -0.507 e. The van der Waals surface area contributed by atoms with E-state index in [1.165, 1.54) is 12.1 Å². The van der Waals surface area contributed by atoms with Gasteiger partial charge in [0.25, 0.3) is 11.6 Å². The average molecular weight is 327 g/mol. The van der Waals surface area contributed by atoms with Crippen LogP contribution in [-0.2, 0) is 0 Å². The largest absolute Gasteiger partial charge is 0.507 e. The average Bonchev–Trinajstić information content (AvgIpc) is 3.03. The van der Waals surface area contributed by atoms with Crippen molar-refractivity contribution in [1.82, 2.24) is 9.88 Å². The van der Waals surface area contributed by atoms with E-state index in [1.807, 2.05) is 25.1 Å². The van der Waals surface area contributed by atoms with Crippen LogP contribution in [0.2, 0.25) is 0 Å². The maximum Gasteiger partial charge on any atom is 0.273 e. The number of aromatic hydroxyl groups is 1. The fraction of sp³-hybridized carbons (Fsp3) is 0.294. The van der Waals surface area contributed by atoms with Crippen LogP contribution in [0, 0.1) is 17.0 Å². The van der Waals surface area contributed by atoms with Crippen molar-refractivity contribution in [1.29, 1.82) is 0 Å². The molecule has 0 aliphatic carbocycles. The van der Waals surface area contributed by atoms with E-state index in [1.54, 1.807) is 4.90 Å². The normalized spacial score (nSPS) is 17.0. The molecule has 7 heteroatoms. The van der Waals surface area contributed by atoms with Gasteiger partial charge in [-0.3, -0.25) is 19.9 Å². The number of nitro benzene ring substituents is 1. The molecule has 1 aromatic carbocycles. The third-order valence-corrected chi connectivity index (χ3v) is 4.19. The first-order valence-electron chi connectivity index (χ1n) is 7.69. The molecule has 1 aliphatic rings. The molecule has 1 N–H and O–H groups in total. The number of pyridine rings is 1. The Kier molecular flexibility index (Phi) is 4.16. The summed E-state index contributed by atoms with van der Waals surface area (Å²) >= 11 is 0. The number of carbonyl (C=O) groups excluding carboxylic acids is 1. The molecule has 2 heterocycles. The van der Waals surface area contributed by atoms with Crippen LogP contribution in [0.25, 0.3) is 0 Å². The lowest BCUT2D eigenvalue weighted by Crippen LogP contribution is -2.31. The highest BCUT2D eigenvalue weighted by molar-refractivity contribution is 5.97. The van der Waals surface area contributed by atoms with Crippen LogP contribution in [0.4, 0.5) is 5.69 Å². The molecule has 1 aliphatic heterocycles. The lowest BCUT2D eigenvalue weighted by Gasteiger charge is -2.25. The van der Waals surface area contributed by atoms with Gasteiger partial charge in [-0.25, -0.2) is 0 Å². The zero-order chi connectivity index (χ0) is 17.3. The van der Waals surface area contributed by atoms with E-state index in [0.29, 0.717) is 6.54 Å². The Morgan fingerprint density at radius 1 is 1.38 bits per heavy atom. The first kappa shape index (κ1) is 15.9. The highest BCUT2D eigenvalue weighted by Gasteiger charge is 2.32. The maximum absolute atomic E-state index is 12.8. The summed E-state index contributed by atoms with van der Waals surface area (Å²) in [5, 5.41) is 20.8. The van der Waals surface area contributed by atoms with Crippen LogP contribution in [0.3, 0.4) is 0 Å². The molecule has 124 valence electrons. The number of nitro groups is 1. The van der Waals surface area contributed by atoms with Gasteiger partial charge in [0, 0.05) is 18.3 Å². The third kappa shape index (κ3) is 2.92. The topological polar surface area (TPSA) is 96.6 Å². The minimum atomic E-state index is -0.608. The lowest BCUT2D eigenvalue weighted by molar-refractivity contribution is -0.384. The molecule has 7 nitrogen and oxygen atoms in total. The van der Waals surface area contributed by atoms with Gasteiger partial charge < -0.3 is 10.0 Å². The van der Waals surface area contributed by atoms with E-state index in [-0.39, 0.29) is 28.9 Å². The molecular formula is C17H17N3O4. The van der Waals surface area contributed by atoms with Gasteiger partial charge in [0.1, 0.15) is 5.75 Å². The zero-order valence-corrected chi connectivity index (χ0v) is 13.2. The fourth-order valence-corrected chi connectivity index (χ4v) is 3.04. The van der Waals surface area contributed by atoms with E-state index in [4.69, 9.17) is 0 Å². The molecule has 24 heavy (non-hydrogen) atoms. The van der Waals surface area contributed by atoms with Crippen molar-refractivity contribution in [3.05, 3.63) is 63.5 Å². The van der Waals surface area contributed by atoms with Crippen molar-refractivity contribution in [2.75, 3.05) is 6.54 Å². The Balaban J connectivity index is 1.90. The second-order valence-electron chi connectivity index (χ2n) is 5.82. The molecule has 0 radical (unpaired) electrons. The zero-order valence-electron chi connectivity index (χ0n) is 13.2. The van der Waals surface area contributed by atoms with Gasteiger partial charge >= 0.3 is 0 Å². The molecule has 1 fully saturated rings. The number of carbonyl (C=O) groups is 1. The number of hydrogen-bond donors (Lipinski definition) is 1. The van der Waals surface area contributed by atoms with Crippen molar-refractivity contribution >= 4 is 11.6 Å². The molecule has 0 saturated carbocycles. The molecule has 0 unspecified atom stereocenters. The van der Waals surface area contributed by atoms with Gasteiger partial charge in [0.2, 0.25) is 0 Å². The Bertz CT molecular complexity index is 806. The Morgan fingerprint density at radius 3 is 2.83 bits per heavy atom. The molecule has 0 spiro atoms. The van der Waals surface area contributed by atoms with E-state index < -0.39 is 4.92 Å². The number of phenols is 1. The van der Waals surface area contributed by atoms with Gasteiger partial charge in [-0.1, -0.05) is 6.07 Å². The molecule has 1 amide bonds. The Hall–Kier alpha value is -2.96. The quantitative estimate of drug-likeness (QED) is 0.690. The summed E-state index contributed by atoms with van der Waals surface area (Å²) in [5.41, 5.74) is 1.52. The van der Waals surface area contributed by atoms with Gasteiger partial charge in [0.05, 0.1) is 28.3 Å². The fourth-order valence-electron chi connectivity index (χ4n) is 3.04. The lowest BCUT2D eigenvalue weighted by atomic mass is 10.1. The first-order valence-corrected chi connectivity index (χ1v) is 7.69. The van der Waals surface area contributed by atoms with Crippen LogP contribution < -0.4 is 0 Å². The van der Waals surface area contributed by atoms with Crippen molar-refractivity contribution in [2.24, 2.45) is 0 Å². The number of aryl methyl sites for hydroxylation is 1. The molecule has 1 atom stereocenters. The summed E-state index contributed by atoms with van der Waals surface area (Å²) in [6.07, 6.45) is 1.65. The predicted octanol–water partition coefficient (Wildman–Crippen LogP) is 2.98. The van der Waals surface area contributed by atoms with E-state index in [2.05, 4.69) is 4.98 Å². The molecule has 2 aromatic rings. The van der Waals surface area contributed by atoms with E-state index in [0.717, 1.165) is 30.3 Å². The predicted molar refractivity (Wildman–Crippen MR) is 86.7 cm³/mol. The summed E-state index contributed by atoms with van der Waals surface area (Å²) in [7, 11) is 0. The molecule has 0 bridgehead atoms. The van der Waals surface area contributed by atoms with E-state index in [9.17, 15) is 20.0 Å². The molecular weight excluding hydrogens is 310 g/mol. The summed E-state index contributed by atoms with van der Waals surface area (Å²) in [5.74, 6) is -0.717. The number of likely N-dealkylation sites (tertiary alicyclic amines) is 1. The smallest absolute Gasteiger partial charge is 0.273 e. The number of aromatic nitrogens is 1. The first-order chi connectivity index (χ1) is 11.5. The SMILES string of the molecule is Cc1cccc([C@@H]2CCCN2C(=O)c2ccc([N+](=O)[O-])cc2O)n1. The van der Waals surface area contributed by atoms with Crippen LogP contribution in [0.1, 0.15) is 40.6 Å². The number of amides is 1. The number of hydrogen-bond acceptors (Lipinski definition) is 5. The summed E-state index contributed by atoms with van der Waals surface area (Å²) < 4.78 is 0. The van der Waals surface area contributed by atoms with Crippen LogP contribution in [0.15, 0.2) is 36.4 Å². The highest BCUT2D eigenvalue weighted by atomic mass is 16.6. The van der Waals surface area contributed by atoms with E-state index >= 15 is 0 Å². The second kappa shape index (κ2) is 6.27. The van der Waals surface area contributed by atoms with Gasteiger partial charge in [0.15, 0.2) is 0 Å². The van der Waals surface area contributed by atoms with Crippen LogP contribution in [-0.4, -0.2) is 32.4 Å². The van der Waals surface area contributed by atoms with Crippen molar-refractivity contribution < 1.29 is 14.8 Å². The number of benzene rings is 1. The Labute approximate surface area is 138 Å². The van der Waals surface area contributed by atoms with Gasteiger partial charge in [-0.05, 0) is 38.0 Å². The standard InChI is InChI=1S/C17H17N3O4/c1-11-4-2-5-14(18-11)15-6-3-9-19(15)17(22)13-8-7-12(20(23)24)10-16(13)21/h2,4-5,7-8,10,15,21H,3,6,9H2,1H3/t15-/m0/s1. The van der Waals surface area contributed by atoms with Crippen LogP contribution >= 0.6 is 0 Å². The second-order valence-corrected chi connectivity index (χ2v) is 5.82. The molecule has 1 aromatic heterocycles. The van der Waals surface area contributed by atoms with Crippen LogP contribution in [0.5, 0.6) is 5.75 Å². The summed E-state index contributed by atoms with van der Waals surface area (Å²) in [6.45, 7) is 2.46. The monoisotopic (exact) mass is 327 g/mol. The van der Waals surface area contributed by atoms with Gasteiger partial charge in [-0.15, -0.1) is 0 Å². The highest BCUT2D eigenvalue weighted by Crippen LogP contribution is 2.34. The summed E-state index contributed by atoms with van der Waals surface area (Å²) in [6, 6.07) is 9.07. The molecule has 1 saturated heterocycles.